The van der Waals surface area contributed by atoms with Crippen LogP contribution in [-0.4, -0.2) is 18.3 Å². The molecule has 1 aromatic rings. The number of aliphatic hydroxyl groups is 1. The van der Waals surface area contributed by atoms with Gasteiger partial charge in [0.05, 0.1) is 10.7 Å². The highest BCUT2D eigenvalue weighted by Gasteiger charge is 2.16. The van der Waals surface area contributed by atoms with Crippen LogP contribution in [0, 0.1) is 5.41 Å². The number of halogens is 2. The molecule has 0 aliphatic heterocycles. The molecule has 0 aliphatic carbocycles. The van der Waals surface area contributed by atoms with Gasteiger partial charge in [0, 0.05) is 23.0 Å². The highest BCUT2D eigenvalue weighted by molar-refractivity contribution is 9.10. The molecular formula is C11H15BrClNO. The van der Waals surface area contributed by atoms with Crippen LogP contribution in [0.2, 0.25) is 5.02 Å². The van der Waals surface area contributed by atoms with Gasteiger partial charge in [-0.3, -0.25) is 0 Å². The molecule has 0 amide bonds. The molecule has 1 aromatic carbocycles. The number of aliphatic hydroxyl groups excluding tert-OH is 1. The SMILES string of the molecule is CC(C)(CO)CNc1ccc(Br)cc1Cl. The van der Waals surface area contributed by atoms with E-state index in [0.29, 0.717) is 11.6 Å². The molecule has 4 heteroatoms. The quantitative estimate of drug-likeness (QED) is 0.890. The van der Waals surface area contributed by atoms with E-state index in [1.165, 1.54) is 0 Å². The Morgan fingerprint density at radius 3 is 2.67 bits per heavy atom. The van der Waals surface area contributed by atoms with Crippen molar-refractivity contribution < 1.29 is 5.11 Å². The minimum Gasteiger partial charge on any atom is -0.396 e. The van der Waals surface area contributed by atoms with Gasteiger partial charge in [0.2, 0.25) is 0 Å². The molecule has 0 unspecified atom stereocenters. The maximum Gasteiger partial charge on any atom is 0.0648 e. The fourth-order valence-electron chi connectivity index (χ4n) is 1.02. The summed E-state index contributed by atoms with van der Waals surface area (Å²) in [6, 6.07) is 5.69. The molecule has 1 rings (SSSR count). The van der Waals surface area contributed by atoms with E-state index in [2.05, 4.69) is 21.2 Å². The lowest BCUT2D eigenvalue weighted by Crippen LogP contribution is -2.26. The van der Waals surface area contributed by atoms with E-state index in [1.54, 1.807) is 0 Å². The van der Waals surface area contributed by atoms with Crippen molar-refractivity contribution in [2.75, 3.05) is 18.5 Å². The molecule has 0 radical (unpaired) electrons. The van der Waals surface area contributed by atoms with Crippen LogP contribution in [0.5, 0.6) is 0 Å². The largest absolute Gasteiger partial charge is 0.396 e. The molecule has 0 bridgehead atoms. The number of hydrogen-bond acceptors (Lipinski definition) is 2. The summed E-state index contributed by atoms with van der Waals surface area (Å²) in [6.07, 6.45) is 0. The molecule has 0 fully saturated rings. The van der Waals surface area contributed by atoms with Crippen LogP contribution in [-0.2, 0) is 0 Å². The fourth-order valence-corrected chi connectivity index (χ4v) is 1.76. The van der Waals surface area contributed by atoms with Crippen molar-refractivity contribution in [2.45, 2.75) is 13.8 Å². The summed E-state index contributed by atoms with van der Waals surface area (Å²) < 4.78 is 0.958. The summed E-state index contributed by atoms with van der Waals surface area (Å²) in [7, 11) is 0. The molecule has 0 atom stereocenters. The number of nitrogens with one attached hydrogen (secondary N) is 1. The normalized spacial score (nSPS) is 11.5. The monoisotopic (exact) mass is 291 g/mol. The summed E-state index contributed by atoms with van der Waals surface area (Å²) in [5.41, 5.74) is 0.748. The van der Waals surface area contributed by atoms with Crippen molar-refractivity contribution in [2.24, 2.45) is 5.41 Å². The third kappa shape index (κ3) is 4.01. The van der Waals surface area contributed by atoms with E-state index in [9.17, 15) is 0 Å². The summed E-state index contributed by atoms with van der Waals surface area (Å²) in [4.78, 5) is 0. The first-order valence-corrected chi connectivity index (χ1v) is 5.91. The maximum absolute atomic E-state index is 9.10. The molecule has 0 aliphatic rings. The van der Waals surface area contributed by atoms with Crippen molar-refractivity contribution in [3.63, 3.8) is 0 Å². The van der Waals surface area contributed by atoms with Crippen LogP contribution in [0.4, 0.5) is 5.69 Å². The Bertz CT molecular complexity index is 341. The summed E-state index contributed by atoms with van der Waals surface area (Å²) >= 11 is 9.39. The Morgan fingerprint density at radius 1 is 1.47 bits per heavy atom. The smallest absolute Gasteiger partial charge is 0.0648 e. The van der Waals surface area contributed by atoms with Crippen molar-refractivity contribution in [1.29, 1.82) is 0 Å². The summed E-state index contributed by atoms with van der Waals surface area (Å²) in [6.45, 7) is 4.82. The number of hydrogen-bond donors (Lipinski definition) is 2. The molecule has 0 saturated heterocycles. The lowest BCUT2D eigenvalue weighted by Gasteiger charge is -2.23. The molecule has 84 valence electrons. The third-order valence-electron chi connectivity index (χ3n) is 2.12. The molecule has 2 nitrogen and oxygen atoms in total. The van der Waals surface area contributed by atoms with Gasteiger partial charge in [0.1, 0.15) is 0 Å². The van der Waals surface area contributed by atoms with Gasteiger partial charge in [0.25, 0.3) is 0 Å². The zero-order valence-electron chi connectivity index (χ0n) is 8.85. The predicted octanol–water partition coefficient (Wildman–Crippen LogP) is 3.53. The van der Waals surface area contributed by atoms with Crippen LogP contribution in [0.1, 0.15) is 13.8 Å². The summed E-state index contributed by atoms with van der Waals surface area (Å²) in [5.74, 6) is 0. The van der Waals surface area contributed by atoms with E-state index in [0.717, 1.165) is 10.2 Å². The second-order valence-corrected chi connectivity index (χ2v) is 5.62. The van der Waals surface area contributed by atoms with Gasteiger partial charge in [0.15, 0.2) is 0 Å². The zero-order valence-corrected chi connectivity index (χ0v) is 11.2. The molecule has 0 spiro atoms. The first-order valence-electron chi connectivity index (χ1n) is 4.74. The van der Waals surface area contributed by atoms with Crippen LogP contribution in [0.25, 0.3) is 0 Å². The Hall–Kier alpha value is -0.250. The Morgan fingerprint density at radius 2 is 2.13 bits per heavy atom. The van der Waals surface area contributed by atoms with Gasteiger partial charge >= 0.3 is 0 Å². The second-order valence-electron chi connectivity index (χ2n) is 4.30. The highest BCUT2D eigenvalue weighted by atomic mass is 79.9. The van der Waals surface area contributed by atoms with E-state index in [-0.39, 0.29) is 12.0 Å². The predicted molar refractivity (Wildman–Crippen MR) is 68.5 cm³/mol. The van der Waals surface area contributed by atoms with E-state index in [4.69, 9.17) is 16.7 Å². The fraction of sp³-hybridized carbons (Fsp3) is 0.455. The van der Waals surface area contributed by atoms with Gasteiger partial charge < -0.3 is 10.4 Å². The Labute approximate surface area is 104 Å². The average Bonchev–Trinajstić information content (AvgIpc) is 2.16. The lowest BCUT2D eigenvalue weighted by atomic mass is 9.95. The summed E-state index contributed by atoms with van der Waals surface area (Å²) in [5, 5.41) is 13.0. The zero-order chi connectivity index (χ0) is 11.5. The standard InChI is InChI=1S/C11H15BrClNO/c1-11(2,7-15)6-14-10-4-3-8(12)5-9(10)13/h3-5,14-15H,6-7H2,1-2H3. The molecule has 15 heavy (non-hydrogen) atoms. The minimum absolute atomic E-state index is 0.142. The first kappa shape index (κ1) is 12.8. The van der Waals surface area contributed by atoms with E-state index in [1.807, 2.05) is 32.0 Å². The van der Waals surface area contributed by atoms with Gasteiger partial charge in [-0.15, -0.1) is 0 Å². The average molecular weight is 293 g/mol. The van der Waals surface area contributed by atoms with Gasteiger partial charge in [-0.1, -0.05) is 41.4 Å². The van der Waals surface area contributed by atoms with Gasteiger partial charge in [-0.2, -0.15) is 0 Å². The Kier molecular flexibility index (Phi) is 4.44. The topological polar surface area (TPSA) is 32.3 Å². The van der Waals surface area contributed by atoms with E-state index < -0.39 is 0 Å². The van der Waals surface area contributed by atoms with Gasteiger partial charge in [-0.25, -0.2) is 0 Å². The van der Waals surface area contributed by atoms with E-state index >= 15 is 0 Å². The van der Waals surface area contributed by atoms with Crippen molar-refractivity contribution >= 4 is 33.2 Å². The third-order valence-corrected chi connectivity index (χ3v) is 2.92. The number of anilines is 1. The molecule has 0 saturated carbocycles. The molecule has 0 heterocycles. The van der Waals surface area contributed by atoms with Crippen molar-refractivity contribution in [3.8, 4) is 0 Å². The van der Waals surface area contributed by atoms with Crippen molar-refractivity contribution in [3.05, 3.63) is 27.7 Å². The lowest BCUT2D eigenvalue weighted by molar-refractivity contribution is 0.171. The van der Waals surface area contributed by atoms with Gasteiger partial charge in [-0.05, 0) is 18.2 Å². The molecule has 2 N–H and O–H groups in total. The van der Waals surface area contributed by atoms with Crippen LogP contribution in [0.15, 0.2) is 22.7 Å². The number of benzene rings is 1. The first-order chi connectivity index (χ1) is 6.94. The molecular weight excluding hydrogens is 277 g/mol. The van der Waals surface area contributed by atoms with Crippen molar-refractivity contribution in [1.82, 2.24) is 0 Å². The van der Waals surface area contributed by atoms with Crippen LogP contribution >= 0.6 is 27.5 Å². The number of rotatable bonds is 4. The van der Waals surface area contributed by atoms with Crippen LogP contribution in [0.3, 0.4) is 0 Å². The second kappa shape index (κ2) is 5.19. The minimum atomic E-state index is -0.142. The molecule has 0 aromatic heterocycles. The highest BCUT2D eigenvalue weighted by Crippen LogP contribution is 2.26. The maximum atomic E-state index is 9.10. The van der Waals surface area contributed by atoms with Crippen LogP contribution < -0.4 is 5.32 Å². The Balaban J connectivity index is 2.66.